The predicted molar refractivity (Wildman–Crippen MR) is 77.3 cm³/mol. The predicted octanol–water partition coefficient (Wildman–Crippen LogP) is 2.36. The van der Waals surface area contributed by atoms with Gasteiger partial charge in [-0.25, -0.2) is 0 Å². The Hall–Kier alpha value is -0.580. The summed E-state index contributed by atoms with van der Waals surface area (Å²) < 4.78 is 1.73. The van der Waals surface area contributed by atoms with E-state index >= 15 is 0 Å². The molecule has 0 aromatic carbocycles. The third-order valence-corrected chi connectivity index (χ3v) is 4.91. The van der Waals surface area contributed by atoms with E-state index in [1.165, 1.54) is 0 Å². The van der Waals surface area contributed by atoms with Gasteiger partial charge in [0.15, 0.2) is 0 Å². The second-order valence-corrected chi connectivity index (χ2v) is 6.28. The van der Waals surface area contributed by atoms with E-state index in [0.717, 1.165) is 48.9 Å². The molecule has 2 rings (SSSR count). The Balaban J connectivity index is 2.09. The number of hydrogen-bond acceptors (Lipinski definition) is 3. The average molecular weight is 286 g/mol. The molecule has 2 atom stereocenters. The van der Waals surface area contributed by atoms with Crippen molar-refractivity contribution in [3.63, 3.8) is 0 Å². The number of aryl methyl sites for hydroxylation is 2. The van der Waals surface area contributed by atoms with Crippen molar-refractivity contribution in [3.05, 3.63) is 16.4 Å². The maximum atomic E-state index is 10.4. The molecule has 1 aromatic heterocycles. The average Bonchev–Trinajstić information content (AvgIpc) is 2.58. The van der Waals surface area contributed by atoms with Gasteiger partial charge in [0.05, 0.1) is 11.3 Å². The van der Waals surface area contributed by atoms with Gasteiger partial charge in [-0.1, -0.05) is 18.5 Å². The van der Waals surface area contributed by atoms with Crippen molar-refractivity contribution < 1.29 is 5.11 Å². The number of nitrogens with zero attached hydrogens (tertiary/aromatic N) is 3. The molecule has 0 spiro atoms. The molecule has 0 radical (unpaired) electrons. The molecule has 0 aliphatic carbocycles. The molecule has 0 amide bonds. The smallest absolute Gasteiger partial charge is 0.131 e. The number of rotatable bonds is 3. The minimum Gasteiger partial charge on any atom is -0.390 e. The maximum absolute atomic E-state index is 10.4. The summed E-state index contributed by atoms with van der Waals surface area (Å²) in [5, 5.41) is 15.4. The standard InChI is InChI=1S/C14H24ClN3O/c1-5-11-8-18(7-6-14(11,3)19)9-12-10(2)16-17(4)13(12)15/h11,19H,5-9H2,1-4H3/t11-,14+/m0/s1. The molecule has 2 heterocycles. The summed E-state index contributed by atoms with van der Waals surface area (Å²) in [6.45, 7) is 8.76. The van der Waals surface area contributed by atoms with Crippen molar-refractivity contribution in [3.8, 4) is 0 Å². The van der Waals surface area contributed by atoms with Crippen LogP contribution in [0.1, 0.15) is 37.9 Å². The van der Waals surface area contributed by atoms with Crippen LogP contribution >= 0.6 is 11.6 Å². The van der Waals surface area contributed by atoms with Crippen LogP contribution in [0.15, 0.2) is 0 Å². The Morgan fingerprint density at radius 1 is 1.53 bits per heavy atom. The largest absolute Gasteiger partial charge is 0.390 e. The number of aliphatic hydroxyl groups is 1. The topological polar surface area (TPSA) is 41.3 Å². The molecule has 1 saturated heterocycles. The Kier molecular flexibility index (Phi) is 4.23. The minimum absolute atomic E-state index is 0.331. The summed E-state index contributed by atoms with van der Waals surface area (Å²) in [6.07, 6.45) is 1.83. The second kappa shape index (κ2) is 5.43. The summed E-state index contributed by atoms with van der Waals surface area (Å²) in [5.41, 5.74) is 1.58. The Morgan fingerprint density at radius 3 is 2.74 bits per heavy atom. The first kappa shape index (κ1) is 14.8. The van der Waals surface area contributed by atoms with Crippen molar-refractivity contribution in [2.45, 2.75) is 45.8 Å². The van der Waals surface area contributed by atoms with E-state index in [1.807, 2.05) is 20.9 Å². The highest BCUT2D eigenvalue weighted by Crippen LogP contribution is 2.31. The first-order valence-electron chi connectivity index (χ1n) is 6.98. The fraction of sp³-hybridized carbons (Fsp3) is 0.786. The van der Waals surface area contributed by atoms with Gasteiger partial charge < -0.3 is 5.11 Å². The van der Waals surface area contributed by atoms with Gasteiger partial charge in [-0.2, -0.15) is 5.10 Å². The molecular weight excluding hydrogens is 262 g/mol. The molecule has 1 aliphatic rings. The van der Waals surface area contributed by atoms with Gasteiger partial charge >= 0.3 is 0 Å². The van der Waals surface area contributed by atoms with Crippen LogP contribution in [0.5, 0.6) is 0 Å². The normalized spacial score (nSPS) is 28.8. The lowest BCUT2D eigenvalue weighted by atomic mass is 9.81. The first-order valence-corrected chi connectivity index (χ1v) is 7.35. The maximum Gasteiger partial charge on any atom is 0.131 e. The van der Waals surface area contributed by atoms with E-state index in [9.17, 15) is 5.11 Å². The molecule has 5 heteroatoms. The van der Waals surface area contributed by atoms with Crippen LogP contribution in [-0.4, -0.2) is 38.5 Å². The number of aromatic nitrogens is 2. The summed E-state index contributed by atoms with van der Waals surface area (Å²) in [5.74, 6) is 0.331. The zero-order chi connectivity index (χ0) is 14.2. The second-order valence-electron chi connectivity index (χ2n) is 5.93. The molecule has 19 heavy (non-hydrogen) atoms. The zero-order valence-electron chi connectivity index (χ0n) is 12.3. The molecule has 108 valence electrons. The molecule has 1 aliphatic heterocycles. The third kappa shape index (κ3) is 2.96. The van der Waals surface area contributed by atoms with E-state index in [0.29, 0.717) is 5.92 Å². The summed E-state index contributed by atoms with van der Waals surface area (Å²) >= 11 is 6.28. The first-order chi connectivity index (χ1) is 8.85. The van der Waals surface area contributed by atoms with Crippen molar-refractivity contribution in [2.24, 2.45) is 13.0 Å². The molecule has 0 bridgehead atoms. The number of likely N-dealkylation sites (tertiary alicyclic amines) is 1. The third-order valence-electron chi connectivity index (χ3n) is 4.44. The quantitative estimate of drug-likeness (QED) is 0.927. The summed E-state index contributed by atoms with van der Waals surface area (Å²) in [6, 6.07) is 0. The molecule has 1 N–H and O–H groups in total. The van der Waals surface area contributed by atoms with Gasteiger partial charge in [0.2, 0.25) is 0 Å². The Bertz CT molecular complexity index is 456. The van der Waals surface area contributed by atoms with Crippen LogP contribution < -0.4 is 0 Å². The van der Waals surface area contributed by atoms with Crippen LogP contribution in [0.2, 0.25) is 5.15 Å². The van der Waals surface area contributed by atoms with Gasteiger partial charge in [0, 0.05) is 32.2 Å². The molecule has 1 aromatic rings. The van der Waals surface area contributed by atoms with Crippen molar-refractivity contribution in [1.29, 1.82) is 0 Å². The van der Waals surface area contributed by atoms with Crippen molar-refractivity contribution in [1.82, 2.24) is 14.7 Å². The van der Waals surface area contributed by atoms with E-state index in [-0.39, 0.29) is 0 Å². The summed E-state index contributed by atoms with van der Waals surface area (Å²) in [4.78, 5) is 2.38. The molecule has 1 fully saturated rings. The molecule has 0 saturated carbocycles. The van der Waals surface area contributed by atoms with E-state index in [4.69, 9.17) is 11.6 Å². The lowest BCUT2D eigenvalue weighted by molar-refractivity contribution is -0.0608. The van der Waals surface area contributed by atoms with E-state index in [1.54, 1.807) is 4.68 Å². The molecular formula is C14H24ClN3O. The van der Waals surface area contributed by atoms with Crippen LogP contribution in [0.3, 0.4) is 0 Å². The lowest BCUT2D eigenvalue weighted by Crippen LogP contribution is -2.49. The zero-order valence-corrected chi connectivity index (χ0v) is 13.0. The fourth-order valence-electron chi connectivity index (χ4n) is 2.98. The Morgan fingerprint density at radius 2 is 2.21 bits per heavy atom. The Labute approximate surface area is 120 Å². The van der Waals surface area contributed by atoms with Crippen LogP contribution in [0.4, 0.5) is 0 Å². The van der Waals surface area contributed by atoms with Gasteiger partial charge in [0.1, 0.15) is 5.15 Å². The number of halogens is 1. The number of hydrogen-bond donors (Lipinski definition) is 1. The van der Waals surface area contributed by atoms with Crippen molar-refractivity contribution >= 4 is 11.6 Å². The van der Waals surface area contributed by atoms with Gasteiger partial charge in [-0.3, -0.25) is 9.58 Å². The van der Waals surface area contributed by atoms with Crippen LogP contribution in [-0.2, 0) is 13.6 Å². The lowest BCUT2D eigenvalue weighted by Gasteiger charge is -2.42. The van der Waals surface area contributed by atoms with E-state index < -0.39 is 5.60 Å². The SMILES string of the molecule is CC[C@H]1CN(Cc2c(C)nn(C)c2Cl)CC[C@@]1(C)O. The molecule has 0 unspecified atom stereocenters. The highest BCUT2D eigenvalue weighted by atomic mass is 35.5. The minimum atomic E-state index is -0.529. The number of piperidine rings is 1. The highest BCUT2D eigenvalue weighted by Gasteiger charge is 2.36. The van der Waals surface area contributed by atoms with Gasteiger partial charge in [-0.05, 0) is 32.6 Å². The fourth-order valence-corrected chi connectivity index (χ4v) is 3.21. The van der Waals surface area contributed by atoms with Crippen LogP contribution in [0, 0.1) is 12.8 Å². The monoisotopic (exact) mass is 285 g/mol. The van der Waals surface area contributed by atoms with Crippen LogP contribution in [0.25, 0.3) is 0 Å². The highest BCUT2D eigenvalue weighted by molar-refractivity contribution is 6.30. The van der Waals surface area contributed by atoms with E-state index in [2.05, 4.69) is 16.9 Å². The summed E-state index contributed by atoms with van der Waals surface area (Å²) in [7, 11) is 1.87. The van der Waals surface area contributed by atoms with Gasteiger partial charge in [-0.15, -0.1) is 0 Å². The van der Waals surface area contributed by atoms with Gasteiger partial charge in [0.25, 0.3) is 0 Å². The molecule has 4 nitrogen and oxygen atoms in total. The van der Waals surface area contributed by atoms with Crippen molar-refractivity contribution in [2.75, 3.05) is 13.1 Å².